The number of carboxylic acids is 1. The van der Waals surface area contributed by atoms with Crippen LogP contribution in [0.1, 0.15) is 15.2 Å². The molecule has 6 heteroatoms. The van der Waals surface area contributed by atoms with Crippen LogP contribution in [0.2, 0.25) is 0 Å². The van der Waals surface area contributed by atoms with Crippen LogP contribution in [0.3, 0.4) is 0 Å². The Bertz CT molecular complexity index is 541. The van der Waals surface area contributed by atoms with Crippen LogP contribution in [-0.2, 0) is 4.74 Å². The summed E-state index contributed by atoms with van der Waals surface area (Å²) in [6, 6.07) is 0. The molecule has 0 spiro atoms. The number of hydrogen-bond acceptors (Lipinski definition) is 4. The summed E-state index contributed by atoms with van der Waals surface area (Å²) in [6.45, 7) is 0.534. The molecule has 0 fully saturated rings. The van der Waals surface area contributed by atoms with Crippen molar-refractivity contribution in [3.8, 4) is 0 Å². The van der Waals surface area contributed by atoms with E-state index in [2.05, 4.69) is 5.10 Å². The van der Waals surface area contributed by atoms with Gasteiger partial charge in [0.2, 0.25) is 0 Å². The highest BCUT2D eigenvalue weighted by Gasteiger charge is 2.13. The molecule has 0 aliphatic heterocycles. The minimum absolute atomic E-state index is 0.233. The highest BCUT2D eigenvalue weighted by Crippen LogP contribution is 2.22. The zero-order chi connectivity index (χ0) is 11.5. The number of carboxylic acid groups (broad SMARTS) is 1. The van der Waals surface area contributed by atoms with E-state index < -0.39 is 5.97 Å². The molecular formula is C10H10N2O3S. The van der Waals surface area contributed by atoms with Crippen LogP contribution in [0.4, 0.5) is 0 Å². The number of aromatic carboxylic acids is 1. The quantitative estimate of drug-likeness (QED) is 0.881. The van der Waals surface area contributed by atoms with Crippen LogP contribution in [0.5, 0.6) is 0 Å². The van der Waals surface area contributed by atoms with Gasteiger partial charge in [0.25, 0.3) is 0 Å². The molecular weight excluding hydrogens is 228 g/mol. The third-order valence-electron chi connectivity index (χ3n) is 1.99. The largest absolute Gasteiger partial charge is 0.478 e. The molecule has 0 aromatic carbocycles. The first-order valence-corrected chi connectivity index (χ1v) is 5.40. The van der Waals surface area contributed by atoms with Gasteiger partial charge in [-0.2, -0.15) is 5.10 Å². The lowest BCUT2D eigenvalue weighted by Gasteiger charge is -1.86. The Kier molecular flexibility index (Phi) is 3.02. The molecule has 0 saturated carbocycles. The number of methoxy groups -OCH3 is 1. The van der Waals surface area contributed by atoms with Crippen molar-refractivity contribution in [2.75, 3.05) is 13.7 Å². The smallest absolute Gasteiger partial charge is 0.340 e. The Morgan fingerprint density at radius 2 is 2.56 bits per heavy atom. The first-order chi connectivity index (χ1) is 7.72. The van der Waals surface area contributed by atoms with Crippen molar-refractivity contribution < 1.29 is 14.6 Å². The molecule has 0 saturated heterocycles. The fourth-order valence-corrected chi connectivity index (χ4v) is 2.27. The predicted octanol–water partition coefficient (Wildman–Crippen LogP) is 1.75. The predicted molar refractivity (Wildman–Crippen MR) is 60.9 cm³/mol. The highest BCUT2D eigenvalue weighted by molar-refractivity contribution is 7.18. The summed E-state index contributed by atoms with van der Waals surface area (Å²) >= 11 is 1.39. The molecule has 0 bridgehead atoms. The topological polar surface area (TPSA) is 63.8 Å². The molecule has 5 nitrogen and oxygen atoms in total. The molecule has 0 aliphatic rings. The average Bonchev–Trinajstić information content (AvgIpc) is 2.76. The van der Waals surface area contributed by atoms with Gasteiger partial charge in [-0.1, -0.05) is 6.08 Å². The van der Waals surface area contributed by atoms with E-state index in [1.54, 1.807) is 17.8 Å². The zero-order valence-electron chi connectivity index (χ0n) is 8.58. The lowest BCUT2D eigenvalue weighted by molar-refractivity contribution is 0.0699. The zero-order valence-corrected chi connectivity index (χ0v) is 9.40. The van der Waals surface area contributed by atoms with E-state index >= 15 is 0 Å². The van der Waals surface area contributed by atoms with E-state index in [1.165, 1.54) is 17.5 Å². The van der Waals surface area contributed by atoms with Crippen LogP contribution in [0, 0.1) is 0 Å². The van der Waals surface area contributed by atoms with E-state index in [9.17, 15) is 4.79 Å². The maximum atomic E-state index is 10.9. The van der Waals surface area contributed by atoms with Crippen molar-refractivity contribution in [2.24, 2.45) is 0 Å². The van der Waals surface area contributed by atoms with Crippen molar-refractivity contribution in [3.05, 3.63) is 28.9 Å². The number of aromatic nitrogens is 2. The molecule has 0 amide bonds. The van der Waals surface area contributed by atoms with Crippen LogP contribution >= 0.6 is 11.3 Å². The van der Waals surface area contributed by atoms with Crippen molar-refractivity contribution in [1.29, 1.82) is 0 Å². The summed E-state index contributed by atoms with van der Waals surface area (Å²) in [7, 11) is 1.62. The summed E-state index contributed by atoms with van der Waals surface area (Å²) in [4.78, 5) is 12.5. The second-order valence-corrected chi connectivity index (χ2v) is 4.17. The first-order valence-electron chi connectivity index (χ1n) is 4.58. The normalized spacial score (nSPS) is 11.6. The van der Waals surface area contributed by atoms with Gasteiger partial charge in [0, 0.05) is 18.2 Å². The van der Waals surface area contributed by atoms with E-state index in [1.807, 2.05) is 12.2 Å². The Morgan fingerprint density at radius 1 is 1.75 bits per heavy atom. The van der Waals surface area contributed by atoms with Crippen molar-refractivity contribution in [3.63, 3.8) is 0 Å². The van der Waals surface area contributed by atoms with Crippen molar-refractivity contribution in [2.45, 2.75) is 0 Å². The molecule has 16 heavy (non-hydrogen) atoms. The maximum absolute atomic E-state index is 10.9. The number of fused-ring (bicyclic) bond motifs is 1. The molecule has 2 aromatic rings. The summed E-state index contributed by atoms with van der Waals surface area (Å²) in [5, 5.41) is 12.9. The number of thiazole rings is 1. The highest BCUT2D eigenvalue weighted by atomic mass is 32.1. The van der Waals surface area contributed by atoms with Gasteiger partial charge in [0.05, 0.1) is 12.8 Å². The Labute approximate surface area is 95.6 Å². The lowest BCUT2D eigenvalue weighted by atomic mass is 10.4. The first kappa shape index (κ1) is 10.8. The van der Waals surface area contributed by atoms with Gasteiger partial charge in [-0.05, 0) is 6.08 Å². The molecule has 0 aliphatic carbocycles. The van der Waals surface area contributed by atoms with Crippen molar-refractivity contribution in [1.82, 2.24) is 9.61 Å². The second-order valence-electron chi connectivity index (χ2n) is 3.10. The van der Waals surface area contributed by atoms with Gasteiger partial charge in [0.15, 0.2) is 0 Å². The Balaban J connectivity index is 2.33. The van der Waals surface area contributed by atoms with Crippen LogP contribution in [0.15, 0.2) is 18.5 Å². The van der Waals surface area contributed by atoms with Gasteiger partial charge >= 0.3 is 5.97 Å². The minimum atomic E-state index is -0.954. The van der Waals surface area contributed by atoms with Crippen molar-refractivity contribution >= 4 is 28.2 Å². The molecule has 2 heterocycles. The third kappa shape index (κ3) is 1.98. The van der Waals surface area contributed by atoms with Crippen LogP contribution < -0.4 is 0 Å². The molecule has 1 N–H and O–H groups in total. The third-order valence-corrected chi connectivity index (χ3v) is 3.07. The van der Waals surface area contributed by atoms with Gasteiger partial charge < -0.3 is 9.84 Å². The fraction of sp³-hybridized carbons (Fsp3) is 0.200. The van der Waals surface area contributed by atoms with E-state index in [0.717, 1.165) is 4.88 Å². The van der Waals surface area contributed by atoms with E-state index in [4.69, 9.17) is 9.84 Å². The molecule has 84 valence electrons. The van der Waals surface area contributed by atoms with Gasteiger partial charge in [-0.25, -0.2) is 9.31 Å². The SMILES string of the molecule is COC/C=C/c1cn2ncc(C(=O)O)c2s1. The molecule has 2 aromatic heterocycles. The monoisotopic (exact) mass is 238 g/mol. The summed E-state index contributed by atoms with van der Waals surface area (Å²) in [5.41, 5.74) is 0.233. The van der Waals surface area contributed by atoms with Crippen LogP contribution in [0.25, 0.3) is 10.9 Å². The molecule has 0 radical (unpaired) electrons. The number of hydrogen-bond donors (Lipinski definition) is 1. The van der Waals surface area contributed by atoms with E-state index in [0.29, 0.717) is 11.4 Å². The molecule has 2 rings (SSSR count). The van der Waals surface area contributed by atoms with Crippen LogP contribution in [-0.4, -0.2) is 34.4 Å². The van der Waals surface area contributed by atoms with E-state index in [-0.39, 0.29) is 5.56 Å². The fourth-order valence-electron chi connectivity index (χ4n) is 1.29. The summed E-state index contributed by atoms with van der Waals surface area (Å²) in [6.07, 6.45) is 6.90. The minimum Gasteiger partial charge on any atom is -0.478 e. The number of nitrogens with zero attached hydrogens (tertiary/aromatic N) is 2. The standard InChI is InChI=1S/C10H10N2O3S/c1-15-4-2-3-7-6-12-9(16-7)8(5-11-12)10(13)14/h2-3,5-6H,4H2,1H3,(H,13,14)/b3-2+. The molecule has 0 unspecified atom stereocenters. The number of rotatable bonds is 4. The Hall–Kier alpha value is -1.66. The summed E-state index contributed by atoms with van der Waals surface area (Å²) < 4.78 is 6.45. The summed E-state index contributed by atoms with van der Waals surface area (Å²) in [5.74, 6) is -0.954. The average molecular weight is 238 g/mol. The van der Waals surface area contributed by atoms with Gasteiger partial charge in [-0.15, -0.1) is 11.3 Å². The lowest BCUT2D eigenvalue weighted by Crippen LogP contribution is -1.92. The Morgan fingerprint density at radius 3 is 3.25 bits per heavy atom. The van der Waals surface area contributed by atoms with Gasteiger partial charge in [0.1, 0.15) is 10.4 Å². The number of carbonyl (C=O) groups is 1. The molecule has 0 atom stereocenters. The number of ether oxygens (including phenoxy) is 1. The second kappa shape index (κ2) is 4.46. The van der Waals surface area contributed by atoms with Gasteiger partial charge in [-0.3, -0.25) is 0 Å². The maximum Gasteiger partial charge on any atom is 0.340 e.